The molecule has 0 N–H and O–H groups in total. The predicted octanol–water partition coefficient (Wildman–Crippen LogP) is 1.77. The van der Waals surface area contributed by atoms with Crippen molar-refractivity contribution < 1.29 is 19.1 Å². The summed E-state index contributed by atoms with van der Waals surface area (Å²) in [5.74, 6) is -0.732. The van der Waals surface area contributed by atoms with Crippen LogP contribution in [-0.4, -0.2) is 48.2 Å². The minimum Gasteiger partial charge on any atom is -0.465 e. The molecule has 2 saturated heterocycles. The quantitative estimate of drug-likeness (QED) is 0.426. The molecule has 122 valence electrons. The number of rotatable bonds is 6. The second-order valence-corrected chi connectivity index (χ2v) is 7.03. The highest BCUT2D eigenvalue weighted by atomic mass is 16.6. The number of amides is 1. The van der Waals surface area contributed by atoms with Crippen molar-refractivity contribution in [3.05, 3.63) is 12.2 Å². The molecule has 4 atom stereocenters. The zero-order valence-electron chi connectivity index (χ0n) is 13.6. The second-order valence-electron chi connectivity index (χ2n) is 7.03. The summed E-state index contributed by atoms with van der Waals surface area (Å²) in [7, 11) is 0. The Morgan fingerprint density at radius 3 is 3.00 bits per heavy atom. The van der Waals surface area contributed by atoms with Crippen LogP contribution in [0.2, 0.25) is 0 Å². The van der Waals surface area contributed by atoms with Crippen molar-refractivity contribution in [2.45, 2.75) is 45.3 Å². The molecule has 3 aliphatic rings. The van der Waals surface area contributed by atoms with Crippen molar-refractivity contribution in [1.29, 1.82) is 0 Å². The standard InChI is InChI=1S/C17H25NO4/c1-4-5-8-21-16(20)13-12-6-7-17(22-12)10-18(9-11(2)3)15(19)14(13)17/h6-7,11-14H,4-5,8-10H2,1-3H3/t12-,13-,14-,17+/m0/s1. The summed E-state index contributed by atoms with van der Waals surface area (Å²) in [6.45, 7) is 7.91. The summed E-state index contributed by atoms with van der Waals surface area (Å²) in [5, 5.41) is 0. The number of ether oxygens (including phenoxy) is 2. The molecule has 2 bridgehead atoms. The van der Waals surface area contributed by atoms with Crippen LogP contribution in [0, 0.1) is 17.8 Å². The zero-order valence-corrected chi connectivity index (χ0v) is 13.6. The van der Waals surface area contributed by atoms with E-state index >= 15 is 0 Å². The van der Waals surface area contributed by atoms with Gasteiger partial charge in [-0.1, -0.05) is 39.3 Å². The summed E-state index contributed by atoms with van der Waals surface area (Å²) in [6, 6.07) is 0. The number of carbonyl (C=O) groups excluding carboxylic acids is 2. The summed E-state index contributed by atoms with van der Waals surface area (Å²) < 4.78 is 11.4. The normalized spacial score (nSPS) is 35.5. The monoisotopic (exact) mass is 307 g/mol. The third-order valence-electron chi connectivity index (χ3n) is 4.78. The van der Waals surface area contributed by atoms with Gasteiger partial charge in [0.1, 0.15) is 11.5 Å². The Morgan fingerprint density at radius 2 is 2.32 bits per heavy atom. The van der Waals surface area contributed by atoms with Gasteiger partial charge < -0.3 is 14.4 Å². The van der Waals surface area contributed by atoms with Crippen LogP contribution in [-0.2, 0) is 19.1 Å². The lowest BCUT2D eigenvalue weighted by Gasteiger charge is -2.22. The smallest absolute Gasteiger partial charge is 0.312 e. The molecule has 0 aromatic heterocycles. The molecule has 1 spiro atoms. The Balaban J connectivity index is 1.76. The minimum atomic E-state index is -0.606. The highest BCUT2D eigenvalue weighted by Crippen LogP contribution is 2.52. The Labute approximate surface area is 131 Å². The van der Waals surface area contributed by atoms with Crippen LogP contribution in [0.3, 0.4) is 0 Å². The highest BCUT2D eigenvalue weighted by molar-refractivity contribution is 5.91. The third-order valence-corrected chi connectivity index (χ3v) is 4.78. The van der Waals surface area contributed by atoms with Gasteiger partial charge in [0.15, 0.2) is 0 Å². The van der Waals surface area contributed by atoms with Gasteiger partial charge in [0, 0.05) is 6.54 Å². The van der Waals surface area contributed by atoms with Gasteiger partial charge in [-0.3, -0.25) is 9.59 Å². The minimum absolute atomic E-state index is 0.0398. The average Bonchev–Trinajstić information content (AvgIpc) is 3.07. The van der Waals surface area contributed by atoms with Crippen LogP contribution in [0.5, 0.6) is 0 Å². The van der Waals surface area contributed by atoms with Gasteiger partial charge in [0.25, 0.3) is 0 Å². The Kier molecular flexibility index (Phi) is 4.02. The summed E-state index contributed by atoms with van der Waals surface area (Å²) in [4.78, 5) is 27.0. The van der Waals surface area contributed by atoms with Crippen LogP contribution >= 0.6 is 0 Å². The number of hydrogen-bond acceptors (Lipinski definition) is 4. The van der Waals surface area contributed by atoms with Gasteiger partial charge in [-0.15, -0.1) is 0 Å². The van der Waals surface area contributed by atoms with Crippen LogP contribution < -0.4 is 0 Å². The first-order valence-corrected chi connectivity index (χ1v) is 8.31. The number of carbonyl (C=O) groups is 2. The van der Waals surface area contributed by atoms with Gasteiger partial charge in [-0.2, -0.15) is 0 Å². The number of unbranched alkanes of at least 4 members (excludes halogenated alkanes) is 1. The van der Waals surface area contributed by atoms with E-state index in [0.29, 0.717) is 25.6 Å². The van der Waals surface area contributed by atoms with E-state index in [1.54, 1.807) is 0 Å². The first-order valence-electron chi connectivity index (χ1n) is 8.31. The average molecular weight is 307 g/mol. The molecule has 5 heteroatoms. The molecule has 2 fully saturated rings. The molecule has 0 radical (unpaired) electrons. The molecule has 3 heterocycles. The van der Waals surface area contributed by atoms with Crippen LogP contribution in [0.15, 0.2) is 12.2 Å². The van der Waals surface area contributed by atoms with Crippen molar-refractivity contribution in [3.8, 4) is 0 Å². The zero-order chi connectivity index (χ0) is 15.9. The second kappa shape index (κ2) is 5.69. The molecule has 3 aliphatic heterocycles. The fourth-order valence-corrected chi connectivity index (χ4v) is 3.86. The van der Waals surface area contributed by atoms with E-state index < -0.39 is 17.4 Å². The van der Waals surface area contributed by atoms with Crippen molar-refractivity contribution >= 4 is 11.9 Å². The summed E-state index contributed by atoms with van der Waals surface area (Å²) in [5.41, 5.74) is -0.606. The molecule has 0 aromatic rings. The largest absolute Gasteiger partial charge is 0.465 e. The molecule has 5 nitrogen and oxygen atoms in total. The lowest BCUT2D eigenvalue weighted by atomic mass is 9.77. The van der Waals surface area contributed by atoms with E-state index in [9.17, 15) is 9.59 Å². The van der Waals surface area contributed by atoms with Gasteiger partial charge in [0.05, 0.1) is 25.2 Å². The first-order chi connectivity index (χ1) is 10.5. The van der Waals surface area contributed by atoms with Crippen molar-refractivity contribution in [2.24, 2.45) is 17.8 Å². The maximum atomic E-state index is 12.8. The van der Waals surface area contributed by atoms with E-state index in [2.05, 4.69) is 20.8 Å². The van der Waals surface area contributed by atoms with Gasteiger partial charge in [-0.25, -0.2) is 0 Å². The number of esters is 1. The van der Waals surface area contributed by atoms with E-state index in [1.807, 2.05) is 17.1 Å². The van der Waals surface area contributed by atoms with E-state index in [1.165, 1.54) is 0 Å². The molecule has 1 amide bonds. The summed E-state index contributed by atoms with van der Waals surface area (Å²) >= 11 is 0. The van der Waals surface area contributed by atoms with Gasteiger partial charge in [0.2, 0.25) is 5.91 Å². The summed E-state index contributed by atoms with van der Waals surface area (Å²) in [6.07, 6.45) is 5.43. The van der Waals surface area contributed by atoms with Crippen LogP contribution in [0.25, 0.3) is 0 Å². The fraction of sp³-hybridized carbons (Fsp3) is 0.765. The van der Waals surface area contributed by atoms with Gasteiger partial charge >= 0.3 is 5.97 Å². The molecule has 22 heavy (non-hydrogen) atoms. The molecule has 3 rings (SSSR count). The number of likely N-dealkylation sites (tertiary alicyclic amines) is 1. The van der Waals surface area contributed by atoms with E-state index in [-0.39, 0.29) is 18.0 Å². The molecule has 0 unspecified atom stereocenters. The third kappa shape index (κ3) is 2.35. The van der Waals surface area contributed by atoms with Crippen molar-refractivity contribution in [1.82, 2.24) is 4.90 Å². The van der Waals surface area contributed by atoms with Crippen molar-refractivity contribution in [2.75, 3.05) is 19.7 Å². The fourth-order valence-electron chi connectivity index (χ4n) is 3.86. The van der Waals surface area contributed by atoms with E-state index in [4.69, 9.17) is 9.47 Å². The van der Waals surface area contributed by atoms with Crippen molar-refractivity contribution in [3.63, 3.8) is 0 Å². The molecule has 0 aliphatic carbocycles. The Hall–Kier alpha value is -1.36. The predicted molar refractivity (Wildman–Crippen MR) is 81.0 cm³/mol. The number of nitrogens with zero attached hydrogens (tertiary/aromatic N) is 1. The maximum absolute atomic E-state index is 12.8. The molecule has 0 aromatic carbocycles. The molecular weight excluding hydrogens is 282 g/mol. The number of hydrogen-bond donors (Lipinski definition) is 0. The maximum Gasteiger partial charge on any atom is 0.312 e. The molecular formula is C17H25NO4. The van der Waals surface area contributed by atoms with Crippen LogP contribution in [0.4, 0.5) is 0 Å². The number of fused-ring (bicyclic) bond motifs is 1. The molecule has 0 saturated carbocycles. The first kappa shape index (κ1) is 15.5. The SMILES string of the molecule is CCCCOC(=O)[C@H]1[C@@H]2C=C[C@]3(CN(CC(C)C)C(=O)[C@H]13)O2. The highest BCUT2D eigenvalue weighted by Gasteiger charge is 2.67. The Morgan fingerprint density at radius 1 is 1.55 bits per heavy atom. The topological polar surface area (TPSA) is 55.8 Å². The van der Waals surface area contributed by atoms with Crippen LogP contribution in [0.1, 0.15) is 33.6 Å². The Bertz CT molecular complexity index is 501. The van der Waals surface area contributed by atoms with Gasteiger partial charge in [-0.05, 0) is 12.3 Å². The lowest BCUT2D eigenvalue weighted by molar-refractivity contribution is -0.154. The lowest BCUT2D eigenvalue weighted by Crippen LogP contribution is -2.40. The van der Waals surface area contributed by atoms with E-state index in [0.717, 1.165) is 12.8 Å².